The van der Waals surface area contributed by atoms with E-state index in [2.05, 4.69) is 20.4 Å². The number of amides is 1. The molecule has 0 unspecified atom stereocenters. The Morgan fingerprint density at radius 1 is 1.10 bits per heavy atom. The maximum atomic E-state index is 12.7. The second kappa shape index (κ2) is 9.36. The maximum Gasteiger partial charge on any atom is 0.243 e. The van der Waals surface area contributed by atoms with E-state index in [9.17, 15) is 13.2 Å². The zero-order valence-corrected chi connectivity index (χ0v) is 17.7. The molecule has 0 aliphatic carbocycles. The standard InChI is InChI=1S/C21H23N5O4S/c27-19(10-11-20-24-21(25-30-20)16-5-4-12-22-15-16)23-17-6-8-18(9-7-17)31(28,29)26-13-2-1-3-14-26/h4-9,12,15H,1-3,10-11,13-14H2,(H,23,27). The van der Waals surface area contributed by atoms with E-state index in [1.165, 1.54) is 16.4 Å². The Bertz CT molecular complexity index is 1120. The highest BCUT2D eigenvalue weighted by Gasteiger charge is 2.25. The molecule has 10 heteroatoms. The van der Waals surface area contributed by atoms with Gasteiger partial charge in [0.05, 0.1) is 4.90 Å². The first-order valence-corrected chi connectivity index (χ1v) is 11.6. The Morgan fingerprint density at radius 2 is 1.87 bits per heavy atom. The van der Waals surface area contributed by atoms with Gasteiger partial charge in [0.1, 0.15) is 0 Å². The fourth-order valence-electron chi connectivity index (χ4n) is 3.38. The number of aryl methyl sites for hydroxylation is 1. The van der Waals surface area contributed by atoms with Crippen LogP contribution in [0.1, 0.15) is 31.6 Å². The Morgan fingerprint density at radius 3 is 2.58 bits per heavy atom. The molecule has 9 nitrogen and oxygen atoms in total. The van der Waals surface area contributed by atoms with Crippen LogP contribution in [0.4, 0.5) is 5.69 Å². The minimum atomic E-state index is -3.49. The van der Waals surface area contributed by atoms with Crippen LogP contribution in [0.5, 0.6) is 0 Å². The number of nitrogens with one attached hydrogen (secondary N) is 1. The summed E-state index contributed by atoms with van der Waals surface area (Å²) in [5, 5.41) is 6.66. The monoisotopic (exact) mass is 441 g/mol. The fourth-order valence-corrected chi connectivity index (χ4v) is 4.89. The quantitative estimate of drug-likeness (QED) is 0.599. The molecule has 0 bridgehead atoms. The summed E-state index contributed by atoms with van der Waals surface area (Å²) >= 11 is 0. The van der Waals surface area contributed by atoms with Crippen LogP contribution in [0.3, 0.4) is 0 Å². The van der Waals surface area contributed by atoms with Crippen molar-refractivity contribution in [2.45, 2.75) is 37.0 Å². The summed E-state index contributed by atoms with van der Waals surface area (Å²) < 4.78 is 32.1. The van der Waals surface area contributed by atoms with Crippen molar-refractivity contribution in [3.05, 3.63) is 54.7 Å². The van der Waals surface area contributed by atoms with Crippen molar-refractivity contribution in [2.75, 3.05) is 18.4 Å². The number of nitrogens with zero attached hydrogens (tertiary/aromatic N) is 4. The van der Waals surface area contributed by atoms with Crippen LogP contribution in [0.25, 0.3) is 11.4 Å². The molecule has 1 aliphatic rings. The van der Waals surface area contributed by atoms with Gasteiger partial charge >= 0.3 is 0 Å². The molecule has 31 heavy (non-hydrogen) atoms. The van der Waals surface area contributed by atoms with Crippen LogP contribution >= 0.6 is 0 Å². The molecule has 3 heterocycles. The molecule has 162 valence electrons. The molecule has 0 radical (unpaired) electrons. The number of sulfonamides is 1. The first-order valence-electron chi connectivity index (χ1n) is 10.2. The van der Waals surface area contributed by atoms with Gasteiger partial charge in [-0.05, 0) is 49.2 Å². The molecule has 1 aliphatic heterocycles. The van der Waals surface area contributed by atoms with Crippen molar-refractivity contribution in [3.63, 3.8) is 0 Å². The third-order valence-electron chi connectivity index (χ3n) is 5.04. The van der Waals surface area contributed by atoms with E-state index < -0.39 is 10.0 Å². The first kappa shape index (κ1) is 21.1. The molecule has 1 aromatic carbocycles. The van der Waals surface area contributed by atoms with E-state index in [1.54, 1.807) is 30.6 Å². The summed E-state index contributed by atoms with van der Waals surface area (Å²) in [5.41, 5.74) is 1.27. The molecule has 4 rings (SSSR count). The highest BCUT2D eigenvalue weighted by atomic mass is 32.2. The smallest absolute Gasteiger partial charge is 0.243 e. The SMILES string of the molecule is O=C(CCc1nc(-c2cccnc2)no1)Nc1ccc(S(=O)(=O)N2CCCCC2)cc1. The molecule has 1 fully saturated rings. The summed E-state index contributed by atoms with van der Waals surface area (Å²) in [4.78, 5) is 20.8. The van der Waals surface area contributed by atoms with E-state index >= 15 is 0 Å². The average Bonchev–Trinajstić information content (AvgIpc) is 3.28. The number of pyridine rings is 1. The van der Waals surface area contributed by atoms with Crippen molar-refractivity contribution in [3.8, 4) is 11.4 Å². The first-order chi connectivity index (χ1) is 15.0. The van der Waals surface area contributed by atoms with E-state index in [0.29, 0.717) is 36.9 Å². The van der Waals surface area contributed by atoms with Crippen LogP contribution in [0.2, 0.25) is 0 Å². The Balaban J connectivity index is 1.31. The van der Waals surface area contributed by atoms with Crippen LogP contribution in [-0.4, -0.2) is 46.8 Å². The zero-order valence-electron chi connectivity index (χ0n) is 16.9. The van der Waals surface area contributed by atoms with E-state index in [4.69, 9.17) is 4.52 Å². The van der Waals surface area contributed by atoms with E-state index in [1.807, 2.05) is 6.07 Å². The van der Waals surface area contributed by atoms with Crippen molar-refractivity contribution in [1.82, 2.24) is 19.4 Å². The molecule has 0 atom stereocenters. The summed E-state index contributed by atoms with van der Waals surface area (Å²) in [7, 11) is -3.49. The molecule has 1 N–H and O–H groups in total. The topological polar surface area (TPSA) is 118 Å². The van der Waals surface area contributed by atoms with Crippen molar-refractivity contribution >= 4 is 21.6 Å². The summed E-state index contributed by atoms with van der Waals surface area (Å²) in [6.45, 7) is 1.11. The largest absolute Gasteiger partial charge is 0.339 e. The van der Waals surface area contributed by atoms with Gasteiger partial charge in [-0.15, -0.1) is 0 Å². The number of benzene rings is 1. The number of hydrogen-bond donors (Lipinski definition) is 1. The maximum absolute atomic E-state index is 12.7. The second-order valence-electron chi connectivity index (χ2n) is 7.29. The second-order valence-corrected chi connectivity index (χ2v) is 9.23. The van der Waals surface area contributed by atoms with Gasteiger partial charge in [-0.1, -0.05) is 11.6 Å². The molecule has 1 saturated heterocycles. The van der Waals surface area contributed by atoms with Crippen LogP contribution in [-0.2, 0) is 21.2 Å². The number of anilines is 1. The van der Waals surface area contributed by atoms with Crippen molar-refractivity contribution in [1.29, 1.82) is 0 Å². The fraction of sp³-hybridized carbons (Fsp3) is 0.333. The Hall–Kier alpha value is -3.11. The normalized spacial score (nSPS) is 15.0. The average molecular weight is 442 g/mol. The predicted octanol–water partition coefficient (Wildman–Crippen LogP) is 2.88. The van der Waals surface area contributed by atoms with Gasteiger partial charge in [0.15, 0.2) is 0 Å². The van der Waals surface area contributed by atoms with Gasteiger partial charge in [0.2, 0.25) is 27.6 Å². The predicted molar refractivity (Wildman–Crippen MR) is 114 cm³/mol. The Kier molecular flexibility index (Phi) is 6.38. The van der Waals surface area contributed by atoms with Crippen molar-refractivity contribution in [2.24, 2.45) is 0 Å². The molecular weight excluding hydrogens is 418 g/mol. The number of rotatable bonds is 7. The van der Waals surface area contributed by atoms with E-state index in [-0.39, 0.29) is 17.2 Å². The van der Waals surface area contributed by atoms with Gasteiger partial charge in [-0.3, -0.25) is 9.78 Å². The molecular formula is C21H23N5O4S. The molecule has 1 amide bonds. The number of carbonyl (C=O) groups is 1. The lowest BCUT2D eigenvalue weighted by molar-refractivity contribution is -0.116. The minimum Gasteiger partial charge on any atom is -0.339 e. The van der Waals surface area contributed by atoms with Gasteiger partial charge in [0, 0.05) is 49.6 Å². The van der Waals surface area contributed by atoms with E-state index in [0.717, 1.165) is 24.8 Å². The van der Waals surface area contributed by atoms with Crippen LogP contribution in [0, 0.1) is 0 Å². The number of piperidine rings is 1. The number of hydrogen-bond acceptors (Lipinski definition) is 7. The van der Waals surface area contributed by atoms with Gasteiger partial charge in [0.25, 0.3) is 0 Å². The molecule has 0 saturated carbocycles. The zero-order chi connectivity index (χ0) is 21.7. The van der Waals surface area contributed by atoms with Gasteiger partial charge in [-0.25, -0.2) is 8.42 Å². The summed E-state index contributed by atoms with van der Waals surface area (Å²) in [6, 6.07) is 9.85. The minimum absolute atomic E-state index is 0.155. The Labute approximate surface area is 180 Å². The highest BCUT2D eigenvalue weighted by Crippen LogP contribution is 2.22. The number of carbonyl (C=O) groups excluding carboxylic acids is 1. The third-order valence-corrected chi connectivity index (χ3v) is 6.96. The lowest BCUT2D eigenvalue weighted by atomic mass is 10.2. The summed E-state index contributed by atoms with van der Waals surface area (Å²) in [6.07, 6.45) is 6.57. The van der Waals surface area contributed by atoms with Gasteiger partial charge < -0.3 is 9.84 Å². The van der Waals surface area contributed by atoms with Crippen LogP contribution < -0.4 is 5.32 Å². The highest BCUT2D eigenvalue weighted by molar-refractivity contribution is 7.89. The number of aromatic nitrogens is 3. The third kappa shape index (κ3) is 5.15. The molecule has 3 aromatic rings. The van der Waals surface area contributed by atoms with Crippen LogP contribution in [0.15, 0.2) is 58.2 Å². The van der Waals surface area contributed by atoms with Crippen molar-refractivity contribution < 1.29 is 17.7 Å². The lowest BCUT2D eigenvalue weighted by Gasteiger charge is -2.25. The van der Waals surface area contributed by atoms with Gasteiger partial charge in [-0.2, -0.15) is 9.29 Å². The lowest BCUT2D eigenvalue weighted by Crippen LogP contribution is -2.35. The molecule has 0 spiro atoms. The summed E-state index contributed by atoms with van der Waals surface area (Å²) in [5.74, 6) is 0.554. The molecule has 2 aromatic heterocycles.